The number of hydrogen-bond acceptors (Lipinski definition) is 3. The minimum Gasteiger partial charge on any atom is -0.298 e. The highest BCUT2D eigenvalue weighted by Crippen LogP contribution is 2.16. The van der Waals surface area contributed by atoms with E-state index in [0.717, 1.165) is 12.3 Å². The summed E-state index contributed by atoms with van der Waals surface area (Å²) in [6.45, 7) is 0. The quantitative estimate of drug-likeness (QED) is 0.673. The lowest BCUT2D eigenvalue weighted by Crippen LogP contribution is -2.03. The van der Waals surface area contributed by atoms with E-state index in [0.29, 0.717) is 0 Å². The molecular weight excluding hydrogens is 195 g/mol. The summed E-state index contributed by atoms with van der Waals surface area (Å²) in [5, 5.41) is 0. The van der Waals surface area contributed by atoms with Gasteiger partial charge in [0, 0.05) is 6.26 Å². The van der Waals surface area contributed by atoms with Crippen LogP contribution >= 0.6 is 0 Å². The van der Waals surface area contributed by atoms with Gasteiger partial charge in [0.1, 0.15) is 5.82 Å². The van der Waals surface area contributed by atoms with E-state index in [4.69, 9.17) is 0 Å². The van der Waals surface area contributed by atoms with Gasteiger partial charge in [-0.05, 0) is 12.1 Å². The molecule has 0 unspecified atom stereocenters. The van der Waals surface area contributed by atoms with E-state index in [2.05, 4.69) is 0 Å². The maximum absolute atomic E-state index is 12.9. The summed E-state index contributed by atoms with van der Waals surface area (Å²) in [6.07, 6.45) is 1.13. The van der Waals surface area contributed by atoms with Gasteiger partial charge in [-0.3, -0.25) is 4.79 Å². The van der Waals surface area contributed by atoms with Crippen LogP contribution in [0.5, 0.6) is 0 Å². The molecule has 5 heteroatoms. The Morgan fingerprint density at radius 2 is 2.00 bits per heavy atom. The predicted molar refractivity (Wildman–Crippen MR) is 44.9 cm³/mol. The predicted octanol–water partition coefficient (Wildman–Crippen LogP) is 1.04. The maximum atomic E-state index is 12.9. The number of carbonyl (C=O) groups excluding carboxylic acids is 1. The molecule has 0 spiro atoms. The topological polar surface area (TPSA) is 51.2 Å². The Labute approximate surface area is 75.1 Å². The van der Waals surface area contributed by atoms with Crippen LogP contribution in [0.1, 0.15) is 10.4 Å². The van der Waals surface area contributed by atoms with Crippen molar-refractivity contribution in [3.05, 3.63) is 29.6 Å². The molecule has 0 aliphatic rings. The lowest BCUT2D eigenvalue weighted by atomic mass is 10.2. The molecule has 0 aliphatic heterocycles. The zero-order valence-electron chi connectivity index (χ0n) is 6.82. The molecule has 0 bridgehead atoms. The standard InChI is InChI=1S/C8H7FO3S/c1-13(11,12)8-4-2-3-7(9)6(8)5-10/h2-5H,1H3. The summed E-state index contributed by atoms with van der Waals surface area (Å²) < 4.78 is 35.0. The molecule has 13 heavy (non-hydrogen) atoms. The first-order valence-electron chi connectivity index (χ1n) is 3.40. The third kappa shape index (κ3) is 1.92. The summed E-state index contributed by atoms with van der Waals surface area (Å²) in [4.78, 5) is 10.1. The molecule has 0 heterocycles. The van der Waals surface area contributed by atoms with Crippen LogP contribution in [0.25, 0.3) is 0 Å². The van der Waals surface area contributed by atoms with E-state index in [1.54, 1.807) is 0 Å². The van der Waals surface area contributed by atoms with E-state index in [1.807, 2.05) is 0 Å². The summed E-state index contributed by atoms with van der Waals surface area (Å²) in [6, 6.07) is 3.49. The van der Waals surface area contributed by atoms with Crippen molar-refractivity contribution in [1.82, 2.24) is 0 Å². The van der Waals surface area contributed by atoms with Crippen LogP contribution in [-0.4, -0.2) is 21.0 Å². The molecule has 0 fully saturated rings. The Morgan fingerprint density at radius 3 is 2.38 bits per heavy atom. The molecule has 0 N–H and O–H groups in total. The molecule has 1 aromatic rings. The molecule has 0 atom stereocenters. The Morgan fingerprint density at radius 1 is 1.38 bits per heavy atom. The van der Waals surface area contributed by atoms with Crippen molar-refractivity contribution in [2.75, 3.05) is 6.26 Å². The third-order valence-electron chi connectivity index (χ3n) is 1.53. The van der Waals surface area contributed by atoms with Crippen molar-refractivity contribution in [1.29, 1.82) is 0 Å². The van der Waals surface area contributed by atoms with Crippen LogP contribution in [0, 0.1) is 5.82 Å². The van der Waals surface area contributed by atoms with Crippen LogP contribution < -0.4 is 0 Å². The third-order valence-corrected chi connectivity index (χ3v) is 2.69. The molecular formula is C8H7FO3S. The first kappa shape index (κ1) is 9.85. The lowest BCUT2D eigenvalue weighted by molar-refractivity contribution is 0.111. The first-order valence-corrected chi connectivity index (χ1v) is 5.29. The molecule has 3 nitrogen and oxygen atoms in total. The maximum Gasteiger partial charge on any atom is 0.176 e. The molecule has 1 rings (SSSR count). The van der Waals surface area contributed by atoms with E-state index in [9.17, 15) is 17.6 Å². The average Bonchev–Trinajstić information content (AvgIpc) is 2.02. The van der Waals surface area contributed by atoms with Crippen LogP contribution in [0.2, 0.25) is 0 Å². The second-order valence-corrected chi connectivity index (χ2v) is 4.53. The molecule has 0 aliphatic carbocycles. The highest BCUT2D eigenvalue weighted by Gasteiger charge is 2.15. The largest absolute Gasteiger partial charge is 0.298 e. The number of sulfone groups is 1. The summed E-state index contributed by atoms with van der Waals surface area (Å²) >= 11 is 0. The Hall–Kier alpha value is -1.23. The smallest absolute Gasteiger partial charge is 0.176 e. The molecule has 1 aromatic carbocycles. The van der Waals surface area contributed by atoms with Gasteiger partial charge < -0.3 is 0 Å². The average molecular weight is 202 g/mol. The number of halogens is 1. The van der Waals surface area contributed by atoms with Gasteiger partial charge in [0.2, 0.25) is 0 Å². The number of rotatable bonds is 2. The fourth-order valence-corrected chi connectivity index (χ4v) is 1.83. The molecule has 0 amide bonds. The molecule has 0 radical (unpaired) electrons. The van der Waals surface area contributed by atoms with Gasteiger partial charge in [-0.1, -0.05) is 6.07 Å². The van der Waals surface area contributed by atoms with E-state index >= 15 is 0 Å². The summed E-state index contributed by atoms with van der Waals surface area (Å²) in [7, 11) is -3.54. The van der Waals surface area contributed by atoms with Crippen molar-refractivity contribution >= 4 is 16.1 Å². The zero-order valence-corrected chi connectivity index (χ0v) is 7.64. The van der Waals surface area contributed by atoms with Crippen LogP contribution in [0.15, 0.2) is 23.1 Å². The van der Waals surface area contributed by atoms with Crippen molar-refractivity contribution in [2.45, 2.75) is 4.90 Å². The van der Waals surface area contributed by atoms with Gasteiger partial charge in [-0.15, -0.1) is 0 Å². The van der Waals surface area contributed by atoms with Crippen LogP contribution in [0.4, 0.5) is 4.39 Å². The van der Waals surface area contributed by atoms with E-state index < -0.39 is 21.2 Å². The van der Waals surface area contributed by atoms with E-state index in [1.165, 1.54) is 12.1 Å². The normalized spacial score (nSPS) is 11.2. The minimum absolute atomic E-state index is 0.200. The van der Waals surface area contributed by atoms with Crippen molar-refractivity contribution in [3.63, 3.8) is 0 Å². The first-order chi connectivity index (χ1) is 5.96. The Bertz CT molecular complexity index is 437. The Balaban J connectivity index is 3.56. The van der Waals surface area contributed by atoms with Crippen molar-refractivity contribution < 1.29 is 17.6 Å². The second kappa shape index (κ2) is 3.26. The second-order valence-electron chi connectivity index (χ2n) is 2.54. The number of carbonyl (C=O) groups is 1. The lowest BCUT2D eigenvalue weighted by Gasteiger charge is -2.01. The van der Waals surface area contributed by atoms with Gasteiger partial charge in [-0.25, -0.2) is 12.8 Å². The van der Waals surface area contributed by atoms with Crippen LogP contribution in [-0.2, 0) is 9.84 Å². The number of aldehydes is 1. The van der Waals surface area contributed by atoms with Gasteiger partial charge in [0.05, 0.1) is 10.5 Å². The fraction of sp³-hybridized carbons (Fsp3) is 0.125. The van der Waals surface area contributed by atoms with Gasteiger partial charge in [0.25, 0.3) is 0 Å². The SMILES string of the molecule is CS(=O)(=O)c1cccc(F)c1C=O. The van der Waals surface area contributed by atoms with E-state index in [-0.39, 0.29) is 11.2 Å². The summed E-state index contributed by atoms with van der Waals surface area (Å²) in [5.41, 5.74) is -0.412. The summed E-state index contributed by atoms with van der Waals surface area (Å²) in [5.74, 6) is -0.821. The van der Waals surface area contributed by atoms with Crippen molar-refractivity contribution in [3.8, 4) is 0 Å². The molecule has 0 aromatic heterocycles. The van der Waals surface area contributed by atoms with Gasteiger partial charge in [0.15, 0.2) is 16.1 Å². The highest BCUT2D eigenvalue weighted by atomic mass is 32.2. The fourth-order valence-electron chi connectivity index (χ4n) is 0.955. The number of benzene rings is 1. The highest BCUT2D eigenvalue weighted by molar-refractivity contribution is 7.90. The molecule has 70 valence electrons. The monoisotopic (exact) mass is 202 g/mol. The zero-order chi connectivity index (χ0) is 10.1. The minimum atomic E-state index is -3.54. The number of hydrogen-bond donors (Lipinski definition) is 0. The van der Waals surface area contributed by atoms with Crippen LogP contribution in [0.3, 0.4) is 0 Å². The molecule has 0 saturated carbocycles. The Kier molecular flexibility index (Phi) is 2.47. The molecule has 0 saturated heterocycles. The van der Waals surface area contributed by atoms with Crippen molar-refractivity contribution in [2.24, 2.45) is 0 Å². The van der Waals surface area contributed by atoms with Gasteiger partial charge >= 0.3 is 0 Å². The van der Waals surface area contributed by atoms with Gasteiger partial charge in [-0.2, -0.15) is 0 Å².